The van der Waals surface area contributed by atoms with E-state index in [1.54, 1.807) is 0 Å². The molecule has 56 valence electrons. The summed E-state index contributed by atoms with van der Waals surface area (Å²) in [5.41, 5.74) is 1.08. The first-order valence-electron chi connectivity index (χ1n) is 3.76. The van der Waals surface area contributed by atoms with Crippen molar-refractivity contribution in [3.8, 4) is 0 Å². The number of benzene rings is 1. The number of aliphatic hydroxyl groups is 1. The lowest BCUT2D eigenvalue weighted by Gasteiger charge is -2.08. The van der Waals surface area contributed by atoms with Gasteiger partial charge in [0.15, 0.2) is 0 Å². The molecule has 1 N–H and O–H groups in total. The number of hydrogen-bond acceptors (Lipinski definition) is 1. The Morgan fingerprint density at radius 1 is 1.27 bits per heavy atom. The Morgan fingerprint density at radius 2 is 1.91 bits per heavy atom. The molecular weight excluding hydrogens is 135 g/mol. The van der Waals surface area contributed by atoms with E-state index in [-0.39, 0.29) is 12.4 Å². The zero-order valence-electron chi connectivity index (χ0n) is 6.40. The molecule has 0 saturated heterocycles. The van der Waals surface area contributed by atoms with Crippen LogP contribution >= 0.6 is 0 Å². The van der Waals surface area contributed by atoms with Gasteiger partial charge in [-0.25, -0.2) is 0 Å². The zero-order chi connectivity index (χ0) is 8.10. The van der Waals surface area contributed by atoms with E-state index in [4.69, 9.17) is 13.0 Å². The van der Waals surface area contributed by atoms with E-state index in [9.17, 15) is 0 Å². The van der Waals surface area contributed by atoms with Gasteiger partial charge in [0.2, 0.25) is 0 Å². The van der Waals surface area contributed by atoms with Crippen molar-refractivity contribution in [2.24, 2.45) is 0 Å². The summed E-state index contributed by atoms with van der Waals surface area (Å²) >= 11 is 0. The average molecular weight is 146 g/mol. The number of aliphatic hydroxyl groups excluding tert-OH is 1. The fraction of sp³-hybridized carbons (Fsp3) is 0.333. The summed E-state index contributed by atoms with van der Waals surface area (Å²) in [7, 11) is 5.75. The number of hydrogen-bond donors (Lipinski definition) is 1. The highest BCUT2D eigenvalue weighted by Gasteiger charge is 2.01. The van der Waals surface area contributed by atoms with Crippen LogP contribution in [0.2, 0.25) is 0 Å². The van der Waals surface area contributed by atoms with Crippen LogP contribution in [-0.4, -0.2) is 19.6 Å². The zero-order valence-corrected chi connectivity index (χ0v) is 6.40. The van der Waals surface area contributed by atoms with Crippen molar-refractivity contribution in [2.45, 2.75) is 12.2 Å². The summed E-state index contributed by atoms with van der Waals surface area (Å²) in [5.74, 6) is -0.0267. The van der Waals surface area contributed by atoms with Crippen LogP contribution in [0.3, 0.4) is 0 Å². The molecule has 0 aliphatic carbocycles. The maximum absolute atomic E-state index is 8.62. The second kappa shape index (κ2) is 4.19. The fourth-order valence-electron chi connectivity index (χ4n) is 1.01. The summed E-state index contributed by atoms with van der Waals surface area (Å²) < 4.78 is 0. The largest absolute Gasteiger partial charge is 0.396 e. The highest BCUT2D eigenvalue weighted by Crippen LogP contribution is 2.13. The third-order valence-electron chi connectivity index (χ3n) is 1.67. The van der Waals surface area contributed by atoms with Gasteiger partial charge in [0.1, 0.15) is 0 Å². The molecule has 1 nitrogen and oxygen atoms in total. The normalized spacial score (nSPS) is 12.8. The smallest absolute Gasteiger partial charge is 0.0764 e. The fourth-order valence-corrected chi connectivity index (χ4v) is 1.01. The standard InChI is InChI=1S/C9H11BO/c10-9(6-7-11)8-4-2-1-3-5-8/h1-5,9,11H,6-7H2. The van der Waals surface area contributed by atoms with Gasteiger partial charge in [0.25, 0.3) is 0 Å². The Kier molecular flexibility index (Phi) is 3.18. The lowest BCUT2D eigenvalue weighted by atomic mass is 9.79. The van der Waals surface area contributed by atoms with E-state index in [1.165, 1.54) is 0 Å². The topological polar surface area (TPSA) is 20.2 Å². The van der Waals surface area contributed by atoms with Gasteiger partial charge in [0.05, 0.1) is 7.85 Å². The third kappa shape index (κ3) is 2.39. The van der Waals surface area contributed by atoms with Gasteiger partial charge in [-0.1, -0.05) is 41.7 Å². The van der Waals surface area contributed by atoms with E-state index >= 15 is 0 Å². The van der Waals surface area contributed by atoms with Gasteiger partial charge in [0, 0.05) is 6.61 Å². The molecule has 0 heterocycles. The molecule has 0 saturated carbocycles. The molecule has 0 bridgehead atoms. The summed E-state index contributed by atoms with van der Waals surface area (Å²) in [5, 5.41) is 8.62. The Bertz CT molecular complexity index is 198. The average Bonchev–Trinajstić information content (AvgIpc) is 2.07. The third-order valence-corrected chi connectivity index (χ3v) is 1.67. The predicted octanol–water partition coefficient (Wildman–Crippen LogP) is 1.28. The predicted molar refractivity (Wildman–Crippen MR) is 46.6 cm³/mol. The van der Waals surface area contributed by atoms with E-state index in [2.05, 4.69) is 0 Å². The molecule has 1 aromatic rings. The van der Waals surface area contributed by atoms with Crippen LogP contribution in [0.5, 0.6) is 0 Å². The molecule has 0 aliphatic rings. The minimum Gasteiger partial charge on any atom is -0.396 e. The summed E-state index contributed by atoms with van der Waals surface area (Å²) in [6.45, 7) is 0.149. The minimum atomic E-state index is -0.0267. The number of rotatable bonds is 3. The highest BCUT2D eigenvalue weighted by atomic mass is 16.2. The quantitative estimate of drug-likeness (QED) is 0.636. The van der Waals surface area contributed by atoms with Crippen molar-refractivity contribution < 1.29 is 5.11 Å². The lowest BCUT2D eigenvalue weighted by Crippen LogP contribution is -2.00. The second-order valence-electron chi connectivity index (χ2n) is 2.53. The van der Waals surface area contributed by atoms with Gasteiger partial charge in [-0.2, -0.15) is 0 Å². The molecule has 1 rings (SSSR count). The van der Waals surface area contributed by atoms with Gasteiger partial charge in [-0.15, -0.1) is 0 Å². The van der Waals surface area contributed by atoms with Crippen molar-refractivity contribution >= 4 is 7.85 Å². The molecule has 1 aromatic carbocycles. The van der Waals surface area contributed by atoms with E-state index in [0.29, 0.717) is 6.42 Å². The first-order valence-corrected chi connectivity index (χ1v) is 3.76. The van der Waals surface area contributed by atoms with Crippen molar-refractivity contribution in [1.29, 1.82) is 0 Å². The maximum atomic E-state index is 8.62. The van der Waals surface area contributed by atoms with Crippen LogP contribution in [0.1, 0.15) is 17.8 Å². The Labute approximate surface area is 68.5 Å². The molecular formula is C9H11BO. The molecule has 0 amide bonds. The van der Waals surface area contributed by atoms with Crippen molar-refractivity contribution in [1.82, 2.24) is 0 Å². The highest BCUT2D eigenvalue weighted by molar-refractivity contribution is 6.12. The molecule has 1 atom stereocenters. The Balaban J connectivity index is 2.61. The monoisotopic (exact) mass is 146 g/mol. The molecule has 2 radical (unpaired) electrons. The van der Waals surface area contributed by atoms with Gasteiger partial charge in [-0.05, 0) is 6.42 Å². The second-order valence-corrected chi connectivity index (χ2v) is 2.53. The lowest BCUT2D eigenvalue weighted by molar-refractivity contribution is 0.286. The van der Waals surface area contributed by atoms with Crippen LogP contribution in [0, 0.1) is 0 Å². The molecule has 2 heteroatoms. The van der Waals surface area contributed by atoms with Crippen LogP contribution < -0.4 is 0 Å². The first-order chi connectivity index (χ1) is 5.34. The summed E-state index contributed by atoms with van der Waals surface area (Å²) in [6.07, 6.45) is 0.629. The van der Waals surface area contributed by atoms with Crippen molar-refractivity contribution in [3.05, 3.63) is 35.9 Å². The minimum absolute atomic E-state index is 0.0267. The molecule has 11 heavy (non-hydrogen) atoms. The maximum Gasteiger partial charge on any atom is 0.0764 e. The van der Waals surface area contributed by atoms with Gasteiger partial charge >= 0.3 is 0 Å². The SMILES string of the molecule is [B]C(CCO)c1ccccc1. The molecule has 1 unspecified atom stereocenters. The van der Waals surface area contributed by atoms with E-state index in [0.717, 1.165) is 5.56 Å². The van der Waals surface area contributed by atoms with Gasteiger partial charge in [-0.3, -0.25) is 0 Å². The molecule has 0 spiro atoms. The summed E-state index contributed by atoms with van der Waals surface area (Å²) in [4.78, 5) is 0. The Hall–Kier alpha value is -0.755. The van der Waals surface area contributed by atoms with Gasteiger partial charge < -0.3 is 5.11 Å². The van der Waals surface area contributed by atoms with Crippen LogP contribution in [0.15, 0.2) is 30.3 Å². The van der Waals surface area contributed by atoms with Crippen LogP contribution in [0.4, 0.5) is 0 Å². The van der Waals surface area contributed by atoms with E-state index < -0.39 is 0 Å². The van der Waals surface area contributed by atoms with Crippen molar-refractivity contribution in [3.63, 3.8) is 0 Å². The summed E-state index contributed by atoms with van der Waals surface area (Å²) in [6, 6.07) is 9.80. The first kappa shape index (κ1) is 8.34. The molecule has 0 aromatic heterocycles. The van der Waals surface area contributed by atoms with Crippen molar-refractivity contribution in [2.75, 3.05) is 6.61 Å². The Morgan fingerprint density at radius 3 is 2.45 bits per heavy atom. The van der Waals surface area contributed by atoms with Crippen LogP contribution in [-0.2, 0) is 0 Å². The van der Waals surface area contributed by atoms with Crippen LogP contribution in [0.25, 0.3) is 0 Å². The molecule has 0 aliphatic heterocycles. The molecule has 0 fully saturated rings. The van der Waals surface area contributed by atoms with E-state index in [1.807, 2.05) is 30.3 Å².